The molecule has 1 aliphatic heterocycles. The van der Waals surface area contributed by atoms with E-state index in [4.69, 9.17) is 9.47 Å². The predicted molar refractivity (Wildman–Crippen MR) is 108 cm³/mol. The minimum absolute atomic E-state index is 0.0213. The zero-order chi connectivity index (χ0) is 22.1. The lowest BCUT2D eigenvalue weighted by Gasteiger charge is -2.17. The Morgan fingerprint density at radius 2 is 1.81 bits per heavy atom. The lowest BCUT2D eigenvalue weighted by atomic mass is 10.1. The Balaban J connectivity index is 1.75. The fraction of sp³-hybridized carbons (Fsp3) is 0.273. The Morgan fingerprint density at radius 1 is 1.13 bits per heavy atom. The van der Waals surface area contributed by atoms with Gasteiger partial charge in [0.05, 0.1) is 31.9 Å². The van der Waals surface area contributed by atoms with Crippen LogP contribution in [-0.2, 0) is 35.8 Å². The first kappa shape index (κ1) is 21.1. The molecule has 0 atom stereocenters. The molecular formula is C22H20F3N3O3. The van der Waals surface area contributed by atoms with Crippen molar-refractivity contribution in [3.63, 3.8) is 0 Å². The largest absolute Gasteiger partial charge is 0.380 e. The first-order valence-corrected chi connectivity index (χ1v) is 9.55. The number of benzene rings is 2. The molecule has 0 radical (unpaired) electrons. The maximum atomic E-state index is 13.7. The van der Waals surface area contributed by atoms with Gasteiger partial charge in [0.1, 0.15) is 0 Å². The fourth-order valence-corrected chi connectivity index (χ4v) is 3.51. The minimum Gasteiger partial charge on any atom is -0.380 e. The summed E-state index contributed by atoms with van der Waals surface area (Å²) in [6.45, 7) is 2.92. The van der Waals surface area contributed by atoms with Crippen molar-refractivity contribution in [1.29, 1.82) is 0 Å². The van der Waals surface area contributed by atoms with Crippen LogP contribution in [0.5, 0.6) is 0 Å². The van der Waals surface area contributed by atoms with Gasteiger partial charge in [0, 0.05) is 19.0 Å². The summed E-state index contributed by atoms with van der Waals surface area (Å²) in [5, 5.41) is 3.14. The van der Waals surface area contributed by atoms with Crippen molar-refractivity contribution in [3.05, 3.63) is 86.1 Å². The summed E-state index contributed by atoms with van der Waals surface area (Å²) in [6, 6.07) is 5.74. The highest BCUT2D eigenvalue weighted by atomic mass is 19.2. The first-order valence-electron chi connectivity index (χ1n) is 9.55. The molecule has 0 saturated heterocycles. The van der Waals surface area contributed by atoms with Gasteiger partial charge in [0.15, 0.2) is 17.5 Å². The van der Waals surface area contributed by atoms with E-state index in [9.17, 15) is 18.0 Å². The highest BCUT2D eigenvalue weighted by Crippen LogP contribution is 2.28. The average Bonchev–Trinajstić information content (AvgIpc) is 3.17. The maximum Gasteiger partial charge on any atom is 0.279 e. The molecule has 2 heterocycles. The number of halogens is 3. The molecule has 0 fully saturated rings. The van der Waals surface area contributed by atoms with Crippen molar-refractivity contribution in [2.24, 2.45) is 0 Å². The Hall–Kier alpha value is -3.17. The summed E-state index contributed by atoms with van der Waals surface area (Å²) in [5.74, 6) is -3.93. The number of ether oxygens (including phenoxy) is 2. The van der Waals surface area contributed by atoms with E-state index in [1.165, 1.54) is 17.9 Å². The van der Waals surface area contributed by atoms with Gasteiger partial charge in [-0.05, 0) is 47.4 Å². The molecule has 1 N–H and O–H groups in total. The van der Waals surface area contributed by atoms with Crippen LogP contribution in [-0.4, -0.2) is 16.7 Å². The number of aromatic nitrogens is 2. The van der Waals surface area contributed by atoms with Crippen LogP contribution < -0.4 is 10.9 Å². The smallest absolute Gasteiger partial charge is 0.279 e. The van der Waals surface area contributed by atoms with Crippen LogP contribution in [0.4, 0.5) is 24.8 Å². The van der Waals surface area contributed by atoms with Crippen LogP contribution in [0.25, 0.3) is 0 Å². The summed E-state index contributed by atoms with van der Waals surface area (Å²) in [6.07, 6.45) is 1.51. The van der Waals surface area contributed by atoms with Crippen molar-refractivity contribution in [2.75, 3.05) is 12.4 Å². The van der Waals surface area contributed by atoms with E-state index in [0.29, 0.717) is 13.2 Å². The van der Waals surface area contributed by atoms with Gasteiger partial charge in [-0.3, -0.25) is 4.79 Å². The molecule has 3 aromatic rings. The molecule has 4 rings (SSSR count). The average molecular weight is 431 g/mol. The number of anilines is 2. The van der Waals surface area contributed by atoms with Gasteiger partial charge in [-0.2, -0.15) is 4.98 Å². The highest BCUT2D eigenvalue weighted by Gasteiger charge is 2.17. The Bertz CT molecular complexity index is 1190. The SMILES string of the molecule is COCc1cn(Cc2cc(F)c(F)c(F)c2)c(Nc2cc3c(cc2C)COC3)nc1=O. The second-order valence-corrected chi connectivity index (χ2v) is 7.38. The summed E-state index contributed by atoms with van der Waals surface area (Å²) < 4.78 is 52.8. The molecule has 2 aromatic carbocycles. The van der Waals surface area contributed by atoms with E-state index in [1.807, 2.05) is 19.1 Å². The second kappa shape index (κ2) is 8.52. The third kappa shape index (κ3) is 4.33. The van der Waals surface area contributed by atoms with Gasteiger partial charge in [0.2, 0.25) is 5.95 Å². The molecule has 1 aliphatic rings. The number of hydrogen-bond acceptors (Lipinski definition) is 5. The van der Waals surface area contributed by atoms with Crippen LogP contribution in [0.2, 0.25) is 0 Å². The third-order valence-corrected chi connectivity index (χ3v) is 5.07. The zero-order valence-electron chi connectivity index (χ0n) is 17.0. The minimum atomic E-state index is -1.53. The van der Waals surface area contributed by atoms with Crippen LogP contribution in [0.15, 0.2) is 35.3 Å². The van der Waals surface area contributed by atoms with Gasteiger partial charge in [-0.15, -0.1) is 0 Å². The van der Waals surface area contributed by atoms with E-state index >= 15 is 0 Å². The van der Waals surface area contributed by atoms with Crippen molar-refractivity contribution in [3.8, 4) is 0 Å². The molecule has 6 nitrogen and oxygen atoms in total. The van der Waals surface area contributed by atoms with E-state index in [2.05, 4.69) is 10.3 Å². The normalized spacial score (nSPS) is 12.8. The number of fused-ring (bicyclic) bond motifs is 1. The number of nitrogens with one attached hydrogen (secondary N) is 1. The summed E-state index contributed by atoms with van der Waals surface area (Å²) in [4.78, 5) is 16.5. The van der Waals surface area contributed by atoms with Gasteiger partial charge >= 0.3 is 0 Å². The summed E-state index contributed by atoms with van der Waals surface area (Å²) in [5.41, 5.74) is 3.73. The van der Waals surface area contributed by atoms with Crippen LogP contribution in [0.1, 0.15) is 27.8 Å². The second-order valence-electron chi connectivity index (χ2n) is 7.38. The number of hydrogen-bond donors (Lipinski definition) is 1. The molecule has 162 valence electrons. The molecule has 0 aliphatic carbocycles. The Kier molecular flexibility index (Phi) is 5.79. The molecule has 0 saturated carbocycles. The quantitative estimate of drug-likeness (QED) is 0.599. The number of aryl methyl sites for hydroxylation is 1. The molecule has 0 spiro atoms. The fourth-order valence-electron chi connectivity index (χ4n) is 3.51. The van der Waals surface area contributed by atoms with Gasteiger partial charge in [-0.1, -0.05) is 6.07 Å². The van der Waals surface area contributed by atoms with Gasteiger partial charge in [0.25, 0.3) is 5.56 Å². The summed E-state index contributed by atoms with van der Waals surface area (Å²) in [7, 11) is 1.44. The number of rotatable bonds is 6. The van der Waals surface area contributed by atoms with Gasteiger partial charge < -0.3 is 19.4 Å². The van der Waals surface area contributed by atoms with Crippen LogP contribution in [0.3, 0.4) is 0 Å². The van der Waals surface area contributed by atoms with Crippen molar-refractivity contribution < 1.29 is 22.6 Å². The lowest BCUT2D eigenvalue weighted by Crippen LogP contribution is -2.21. The number of nitrogens with zero attached hydrogens (tertiary/aromatic N) is 2. The standard InChI is InChI=1S/C22H20F3N3O3/c1-12-3-14-10-31-11-15(14)6-19(12)26-22-27-21(29)16(9-30-2)8-28(22)7-13-4-17(23)20(25)18(24)5-13/h3-6,8H,7,9-11H2,1-2H3,(H,26,27,29). The van der Waals surface area contributed by atoms with Gasteiger partial charge in [-0.25, -0.2) is 13.2 Å². The molecular weight excluding hydrogens is 411 g/mol. The summed E-state index contributed by atoms with van der Waals surface area (Å²) >= 11 is 0. The van der Waals surface area contributed by atoms with E-state index in [-0.39, 0.29) is 30.2 Å². The molecule has 0 unspecified atom stereocenters. The molecule has 9 heteroatoms. The van der Waals surface area contributed by atoms with Crippen LogP contribution in [0, 0.1) is 24.4 Å². The molecule has 31 heavy (non-hydrogen) atoms. The molecule has 1 aromatic heterocycles. The van der Waals surface area contributed by atoms with Crippen molar-refractivity contribution >= 4 is 11.6 Å². The lowest BCUT2D eigenvalue weighted by molar-refractivity contribution is 0.134. The molecule has 0 amide bonds. The topological polar surface area (TPSA) is 65.4 Å². The third-order valence-electron chi connectivity index (χ3n) is 5.07. The Labute approximate surface area is 176 Å². The van der Waals surface area contributed by atoms with E-state index < -0.39 is 23.0 Å². The highest BCUT2D eigenvalue weighted by molar-refractivity contribution is 5.61. The number of methoxy groups -OCH3 is 1. The monoisotopic (exact) mass is 431 g/mol. The molecule has 0 bridgehead atoms. The first-order chi connectivity index (χ1) is 14.9. The van der Waals surface area contributed by atoms with E-state index in [0.717, 1.165) is 34.5 Å². The van der Waals surface area contributed by atoms with E-state index in [1.54, 1.807) is 0 Å². The predicted octanol–water partition coefficient (Wildman–Crippen LogP) is 3.94. The Morgan fingerprint density at radius 3 is 2.48 bits per heavy atom. The van der Waals surface area contributed by atoms with Crippen molar-refractivity contribution in [1.82, 2.24) is 9.55 Å². The van der Waals surface area contributed by atoms with Crippen LogP contribution >= 0.6 is 0 Å². The maximum absolute atomic E-state index is 13.7. The zero-order valence-corrected chi connectivity index (χ0v) is 17.0. The van der Waals surface area contributed by atoms with Crippen molar-refractivity contribution in [2.45, 2.75) is 33.3 Å².